The van der Waals surface area contributed by atoms with Crippen LogP contribution in [0.4, 0.5) is 0 Å². The van der Waals surface area contributed by atoms with Gasteiger partial charge < -0.3 is 20.1 Å². The number of nitrogens with zero attached hydrogens (tertiary/aromatic N) is 1. The Labute approximate surface area is 146 Å². The molecule has 0 heterocycles. The van der Waals surface area contributed by atoms with Gasteiger partial charge in [0.15, 0.2) is 5.96 Å². The second-order valence-electron chi connectivity index (χ2n) is 6.20. The van der Waals surface area contributed by atoms with Crippen LogP contribution in [-0.4, -0.2) is 46.4 Å². The molecule has 0 saturated carbocycles. The minimum absolute atomic E-state index is 0.595. The Balaban J connectivity index is 2.08. The Morgan fingerprint density at radius 3 is 2.33 bits per heavy atom. The van der Waals surface area contributed by atoms with Gasteiger partial charge in [0.2, 0.25) is 0 Å². The fraction of sp³-hybridized carbons (Fsp3) is 0.632. The third-order valence-electron chi connectivity index (χ3n) is 3.53. The van der Waals surface area contributed by atoms with Crippen molar-refractivity contribution in [3.8, 4) is 5.75 Å². The molecule has 0 aliphatic carbocycles. The third-order valence-corrected chi connectivity index (χ3v) is 3.53. The van der Waals surface area contributed by atoms with E-state index in [2.05, 4.69) is 41.6 Å². The van der Waals surface area contributed by atoms with Crippen molar-refractivity contribution in [1.82, 2.24) is 10.6 Å². The zero-order valence-corrected chi connectivity index (χ0v) is 15.6. The van der Waals surface area contributed by atoms with E-state index in [1.807, 2.05) is 12.1 Å². The van der Waals surface area contributed by atoms with Crippen molar-refractivity contribution in [2.45, 2.75) is 33.1 Å². The Kier molecular flexibility index (Phi) is 10.7. The van der Waals surface area contributed by atoms with Gasteiger partial charge in [-0.05, 0) is 42.9 Å². The molecular formula is C19H33N3O2. The molecule has 24 heavy (non-hydrogen) atoms. The Hall–Kier alpha value is -1.75. The predicted molar refractivity (Wildman–Crippen MR) is 101 cm³/mol. The van der Waals surface area contributed by atoms with E-state index < -0.39 is 0 Å². The first-order valence-corrected chi connectivity index (χ1v) is 8.81. The lowest BCUT2D eigenvalue weighted by Crippen LogP contribution is -2.38. The van der Waals surface area contributed by atoms with Gasteiger partial charge in [-0.3, -0.25) is 4.99 Å². The molecule has 0 spiro atoms. The molecule has 136 valence electrons. The van der Waals surface area contributed by atoms with E-state index >= 15 is 0 Å². The van der Waals surface area contributed by atoms with Crippen LogP contribution in [-0.2, 0) is 11.2 Å². The van der Waals surface area contributed by atoms with Crippen molar-refractivity contribution >= 4 is 5.96 Å². The predicted octanol–water partition coefficient (Wildman–Crippen LogP) is 2.86. The SMILES string of the molecule is CN=C(NCCCOCC(C)C)NCCCc1ccc(OC)cc1. The zero-order valence-electron chi connectivity index (χ0n) is 15.6. The molecule has 5 heteroatoms. The second-order valence-corrected chi connectivity index (χ2v) is 6.20. The van der Waals surface area contributed by atoms with Crippen molar-refractivity contribution in [3.63, 3.8) is 0 Å². The minimum atomic E-state index is 0.595. The number of methoxy groups -OCH3 is 1. The molecule has 1 aromatic carbocycles. The summed E-state index contributed by atoms with van der Waals surface area (Å²) in [6.07, 6.45) is 3.08. The summed E-state index contributed by atoms with van der Waals surface area (Å²) in [6, 6.07) is 8.24. The van der Waals surface area contributed by atoms with Crippen molar-refractivity contribution in [1.29, 1.82) is 0 Å². The van der Waals surface area contributed by atoms with E-state index in [-0.39, 0.29) is 0 Å². The maximum absolute atomic E-state index is 5.57. The lowest BCUT2D eigenvalue weighted by Gasteiger charge is -2.12. The van der Waals surface area contributed by atoms with Crippen LogP contribution in [0.1, 0.15) is 32.3 Å². The number of aliphatic imine (C=N–C) groups is 1. The molecule has 5 nitrogen and oxygen atoms in total. The summed E-state index contributed by atoms with van der Waals surface area (Å²) >= 11 is 0. The van der Waals surface area contributed by atoms with Crippen LogP contribution in [0.3, 0.4) is 0 Å². The van der Waals surface area contributed by atoms with E-state index in [0.29, 0.717) is 5.92 Å². The van der Waals surface area contributed by atoms with Gasteiger partial charge in [0.1, 0.15) is 5.75 Å². The number of ether oxygens (including phenoxy) is 2. The third kappa shape index (κ3) is 9.40. The van der Waals surface area contributed by atoms with E-state index in [0.717, 1.165) is 57.3 Å². The zero-order chi connectivity index (χ0) is 17.6. The largest absolute Gasteiger partial charge is 0.497 e. The first kappa shape index (κ1) is 20.3. The maximum Gasteiger partial charge on any atom is 0.190 e. The number of hydrogen-bond donors (Lipinski definition) is 2. The standard InChI is InChI=1S/C19H33N3O2/c1-16(2)15-24-14-6-13-22-19(20-3)21-12-5-7-17-8-10-18(23-4)11-9-17/h8-11,16H,5-7,12-15H2,1-4H3,(H2,20,21,22). The minimum Gasteiger partial charge on any atom is -0.497 e. The molecule has 0 aromatic heterocycles. The highest BCUT2D eigenvalue weighted by atomic mass is 16.5. The average molecular weight is 335 g/mol. The van der Waals surface area contributed by atoms with Crippen LogP contribution in [0, 0.1) is 5.92 Å². The smallest absolute Gasteiger partial charge is 0.190 e. The maximum atomic E-state index is 5.57. The summed E-state index contributed by atoms with van der Waals surface area (Å²) in [5.41, 5.74) is 1.32. The molecule has 0 fully saturated rings. The molecule has 0 radical (unpaired) electrons. The van der Waals surface area contributed by atoms with E-state index in [4.69, 9.17) is 9.47 Å². The number of aryl methyl sites for hydroxylation is 1. The molecule has 2 N–H and O–H groups in total. The van der Waals surface area contributed by atoms with E-state index in [9.17, 15) is 0 Å². The summed E-state index contributed by atoms with van der Waals surface area (Å²) in [5.74, 6) is 2.35. The van der Waals surface area contributed by atoms with Gasteiger partial charge in [0.25, 0.3) is 0 Å². The van der Waals surface area contributed by atoms with Gasteiger partial charge in [-0.2, -0.15) is 0 Å². The van der Waals surface area contributed by atoms with E-state index in [1.165, 1.54) is 5.56 Å². The molecule has 0 atom stereocenters. The van der Waals surface area contributed by atoms with Crippen molar-refractivity contribution in [2.24, 2.45) is 10.9 Å². The van der Waals surface area contributed by atoms with Crippen LogP contribution in [0.5, 0.6) is 5.75 Å². The summed E-state index contributed by atoms with van der Waals surface area (Å²) < 4.78 is 10.7. The van der Waals surface area contributed by atoms with Gasteiger partial charge in [-0.25, -0.2) is 0 Å². The fourth-order valence-corrected chi connectivity index (χ4v) is 2.21. The van der Waals surface area contributed by atoms with Gasteiger partial charge in [-0.15, -0.1) is 0 Å². The Morgan fingerprint density at radius 1 is 1.08 bits per heavy atom. The number of rotatable bonds is 11. The van der Waals surface area contributed by atoms with Gasteiger partial charge >= 0.3 is 0 Å². The van der Waals surface area contributed by atoms with Crippen LogP contribution in [0.15, 0.2) is 29.3 Å². The van der Waals surface area contributed by atoms with Gasteiger partial charge in [-0.1, -0.05) is 26.0 Å². The van der Waals surface area contributed by atoms with Crippen molar-refractivity contribution < 1.29 is 9.47 Å². The number of nitrogens with one attached hydrogen (secondary N) is 2. The van der Waals surface area contributed by atoms with Gasteiger partial charge in [0, 0.05) is 33.4 Å². The highest BCUT2D eigenvalue weighted by Gasteiger charge is 1.99. The Morgan fingerprint density at radius 2 is 1.75 bits per heavy atom. The second kappa shape index (κ2) is 12.6. The molecule has 1 rings (SSSR count). The Bertz CT molecular complexity index is 458. The van der Waals surface area contributed by atoms with Crippen LogP contribution in [0.2, 0.25) is 0 Å². The summed E-state index contributed by atoms with van der Waals surface area (Å²) in [4.78, 5) is 4.24. The quantitative estimate of drug-likeness (QED) is 0.371. The molecule has 0 unspecified atom stereocenters. The lowest BCUT2D eigenvalue weighted by atomic mass is 10.1. The normalized spacial score (nSPS) is 11.6. The number of hydrogen-bond acceptors (Lipinski definition) is 3. The molecule has 0 amide bonds. The van der Waals surface area contributed by atoms with Crippen LogP contribution >= 0.6 is 0 Å². The molecule has 0 aliphatic rings. The number of benzene rings is 1. The summed E-state index contributed by atoms with van der Waals surface area (Å²) in [6.45, 7) is 7.72. The molecular weight excluding hydrogens is 302 g/mol. The first-order valence-electron chi connectivity index (χ1n) is 8.81. The molecule has 0 aliphatic heterocycles. The topological polar surface area (TPSA) is 54.9 Å². The van der Waals surface area contributed by atoms with Crippen LogP contribution in [0.25, 0.3) is 0 Å². The van der Waals surface area contributed by atoms with Crippen molar-refractivity contribution in [2.75, 3.05) is 40.5 Å². The highest BCUT2D eigenvalue weighted by molar-refractivity contribution is 5.79. The van der Waals surface area contributed by atoms with Crippen molar-refractivity contribution in [3.05, 3.63) is 29.8 Å². The molecule has 0 bridgehead atoms. The summed E-state index contributed by atoms with van der Waals surface area (Å²) in [7, 11) is 3.49. The first-order chi connectivity index (χ1) is 11.7. The monoisotopic (exact) mass is 335 g/mol. The summed E-state index contributed by atoms with van der Waals surface area (Å²) in [5, 5.41) is 6.66. The van der Waals surface area contributed by atoms with E-state index in [1.54, 1.807) is 14.2 Å². The average Bonchev–Trinajstić information content (AvgIpc) is 2.60. The fourth-order valence-electron chi connectivity index (χ4n) is 2.21. The highest BCUT2D eigenvalue weighted by Crippen LogP contribution is 2.12. The number of guanidine groups is 1. The lowest BCUT2D eigenvalue weighted by molar-refractivity contribution is 0.108. The van der Waals surface area contributed by atoms with Crippen LogP contribution < -0.4 is 15.4 Å². The molecule has 1 aromatic rings. The van der Waals surface area contributed by atoms with Gasteiger partial charge in [0.05, 0.1) is 7.11 Å². The molecule has 0 saturated heterocycles.